The van der Waals surface area contributed by atoms with Crippen molar-refractivity contribution in [2.24, 2.45) is 0 Å². The van der Waals surface area contributed by atoms with Crippen LogP contribution in [0.3, 0.4) is 0 Å². The van der Waals surface area contributed by atoms with Crippen molar-refractivity contribution in [1.82, 2.24) is 9.97 Å². The van der Waals surface area contributed by atoms with E-state index in [4.69, 9.17) is 9.47 Å². The summed E-state index contributed by atoms with van der Waals surface area (Å²) in [6, 6.07) is 3.94. The van der Waals surface area contributed by atoms with E-state index in [1.54, 1.807) is 25.7 Å². The van der Waals surface area contributed by atoms with Crippen molar-refractivity contribution in [1.29, 1.82) is 0 Å². The molecule has 0 aliphatic carbocycles. The smallest absolute Gasteiger partial charge is 0.237 e. The molecule has 92 valence electrons. The molecule has 3 rings (SSSR count). The minimum atomic E-state index is 0.653. The van der Waals surface area contributed by atoms with Crippen LogP contribution in [0.4, 0.5) is 5.69 Å². The lowest BCUT2D eigenvalue weighted by molar-refractivity contribution is 0.310. The molecular weight excluding hydrogens is 230 g/mol. The number of hydrogen-bond donors (Lipinski definition) is 1. The maximum Gasteiger partial charge on any atom is 0.237 e. The topological polar surface area (TPSA) is 56.3 Å². The monoisotopic (exact) mass is 243 g/mol. The molecule has 1 aliphatic heterocycles. The van der Waals surface area contributed by atoms with Crippen molar-refractivity contribution in [3.8, 4) is 22.8 Å². The first-order valence-electron chi connectivity index (χ1n) is 5.73. The van der Waals surface area contributed by atoms with Gasteiger partial charge in [-0.15, -0.1) is 0 Å². The molecule has 0 atom stereocenters. The molecule has 0 saturated carbocycles. The average Bonchev–Trinajstić information content (AvgIpc) is 2.47. The van der Waals surface area contributed by atoms with E-state index in [0.717, 1.165) is 29.1 Å². The molecule has 18 heavy (non-hydrogen) atoms. The third-order valence-electron chi connectivity index (χ3n) is 2.79. The van der Waals surface area contributed by atoms with Crippen LogP contribution in [0.15, 0.2) is 30.7 Å². The van der Waals surface area contributed by atoms with Crippen molar-refractivity contribution in [2.75, 3.05) is 25.6 Å². The zero-order chi connectivity index (χ0) is 12.4. The normalized spacial score (nSPS) is 13.2. The SMILES string of the molecule is COc1cncc(-c2cnc3c(c2)NCCO3)c1. The number of methoxy groups -OCH3 is 1. The third kappa shape index (κ3) is 1.95. The summed E-state index contributed by atoms with van der Waals surface area (Å²) >= 11 is 0. The predicted molar refractivity (Wildman–Crippen MR) is 68.0 cm³/mol. The highest BCUT2D eigenvalue weighted by Crippen LogP contribution is 2.30. The largest absolute Gasteiger partial charge is 0.495 e. The fourth-order valence-electron chi connectivity index (χ4n) is 1.87. The Bertz CT molecular complexity index is 572. The van der Waals surface area contributed by atoms with Crippen LogP contribution in [0, 0.1) is 0 Å². The summed E-state index contributed by atoms with van der Waals surface area (Å²) in [4.78, 5) is 8.44. The molecule has 0 aromatic carbocycles. The van der Waals surface area contributed by atoms with E-state index >= 15 is 0 Å². The summed E-state index contributed by atoms with van der Waals surface area (Å²) in [6.45, 7) is 1.45. The summed E-state index contributed by atoms with van der Waals surface area (Å²) in [5, 5.41) is 3.26. The first-order valence-corrected chi connectivity index (χ1v) is 5.73. The van der Waals surface area contributed by atoms with Crippen LogP contribution < -0.4 is 14.8 Å². The van der Waals surface area contributed by atoms with Crippen molar-refractivity contribution in [3.63, 3.8) is 0 Å². The van der Waals surface area contributed by atoms with Gasteiger partial charge in [0.2, 0.25) is 5.88 Å². The maximum absolute atomic E-state index is 5.45. The zero-order valence-electron chi connectivity index (χ0n) is 10.0. The number of pyridine rings is 2. The Labute approximate surface area is 105 Å². The van der Waals surface area contributed by atoms with Gasteiger partial charge in [-0.1, -0.05) is 0 Å². The second kappa shape index (κ2) is 4.52. The average molecular weight is 243 g/mol. The molecule has 0 spiro atoms. The number of anilines is 1. The molecule has 0 unspecified atom stereocenters. The standard InChI is InChI=1S/C13H13N3O2/c1-17-11-4-9(6-14-8-11)10-5-12-13(16-7-10)18-3-2-15-12/h4-8,15H,2-3H2,1H3. The molecule has 0 amide bonds. The Balaban J connectivity index is 2.00. The van der Waals surface area contributed by atoms with Gasteiger partial charge in [0.25, 0.3) is 0 Å². The number of aromatic nitrogens is 2. The predicted octanol–water partition coefficient (Wildman–Crippen LogP) is 1.96. The van der Waals surface area contributed by atoms with Crippen molar-refractivity contribution < 1.29 is 9.47 Å². The van der Waals surface area contributed by atoms with E-state index in [-0.39, 0.29) is 0 Å². The summed E-state index contributed by atoms with van der Waals surface area (Å²) in [5.41, 5.74) is 2.87. The Kier molecular flexibility index (Phi) is 2.72. The Morgan fingerprint density at radius 1 is 1.22 bits per heavy atom. The van der Waals surface area contributed by atoms with Gasteiger partial charge in [0.05, 0.1) is 19.0 Å². The van der Waals surface area contributed by atoms with Gasteiger partial charge in [-0.3, -0.25) is 4.98 Å². The van der Waals surface area contributed by atoms with E-state index < -0.39 is 0 Å². The van der Waals surface area contributed by atoms with Crippen LogP contribution in [0.2, 0.25) is 0 Å². The maximum atomic E-state index is 5.45. The van der Waals surface area contributed by atoms with Crippen LogP contribution in [0.5, 0.6) is 11.6 Å². The lowest BCUT2D eigenvalue weighted by Crippen LogP contribution is -2.18. The second-order valence-corrected chi connectivity index (χ2v) is 3.97. The lowest BCUT2D eigenvalue weighted by Gasteiger charge is -2.18. The van der Waals surface area contributed by atoms with Crippen LogP contribution in [-0.2, 0) is 0 Å². The highest BCUT2D eigenvalue weighted by atomic mass is 16.5. The highest BCUT2D eigenvalue weighted by molar-refractivity contribution is 5.70. The molecule has 0 radical (unpaired) electrons. The third-order valence-corrected chi connectivity index (χ3v) is 2.79. The molecule has 2 aromatic heterocycles. The van der Waals surface area contributed by atoms with Gasteiger partial charge in [-0.2, -0.15) is 0 Å². The van der Waals surface area contributed by atoms with Crippen molar-refractivity contribution >= 4 is 5.69 Å². The first-order chi connectivity index (χ1) is 8.86. The number of hydrogen-bond acceptors (Lipinski definition) is 5. The molecule has 5 nitrogen and oxygen atoms in total. The van der Waals surface area contributed by atoms with Gasteiger partial charge in [-0.25, -0.2) is 4.98 Å². The quantitative estimate of drug-likeness (QED) is 0.873. The molecule has 2 aromatic rings. The Morgan fingerprint density at radius 2 is 2.11 bits per heavy atom. The minimum Gasteiger partial charge on any atom is -0.495 e. The van der Waals surface area contributed by atoms with E-state index in [1.807, 2.05) is 12.1 Å². The van der Waals surface area contributed by atoms with Gasteiger partial charge in [-0.05, 0) is 12.1 Å². The molecule has 0 saturated heterocycles. The summed E-state index contributed by atoms with van der Waals surface area (Å²) < 4.78 is 10.6. The first kappa shape index (κ1) is 10.8. The Hall–Kier alpha value is -2.30. The van der Waals surface area contributed by atoms with Gasteiger partial charge < -0.3 is 14.8 Å². The lowest BCUT2D eigenvalue weighted by atomic mass is 10.1. The van der Waals surface area contributed by atoms with Gasteiger partial charge in [0.1, 0.15) is 12.4 Å². The number of ether oxygens (including phenoxy) is 2. The van der Waals surface area contributed by atoms with E-state index in [0.29, 0.717) is 12.5 Å². The van der Waals surface area contributed by atoms with Crippen molar-refractivity contribution in [2.45, 2.75) is 0 Å². The van der Waals surface area contributed by atoms with Crippen molar-refractivity contribution in [3.05, 3.63) is 30.7 Å². The molecule has 3 heterocycles. The number of fused-ring (bicyclic) bond motifs is 1. The number of nitrogens with one attached hydrogen (secondary N) is 1. The molecule has 5 heteroatoms. The molecule has 0 fully saturated rings. The van der Waals surface area contributed by atoms with E-state index in [1.165, 1.54) is 0 Å². The van der Waals surface area contributed by atoms with Crippen LogP contribution in [0.1, 0.15) is 0 Å². The summed E-state index contributed by atoms with van der Waals surface area (Å²) in [5.74, 6) is 1.38. The van der Waals surface area contributed by atoms with Gasteiger partial charge in [0.15, 0.2) is 0 Å². The fourth-order valence-corrected chi connectivity index (χ4v) is 1.87. The number of nitrogens with zero attached hydrogens (tertiary/aromatic N) is 2. The molecular formula is C13H13N3O2. The fraction of sp³-hybridized carbons (Fsp3) is 0.231. The molecule has 0 bridgehead atoms. The van der Waals surface area contributed by atoms with E-state index in [9.17, 15) is 0 Å². The molecule has 1 aliphatic rings. The van der Waals surface area contributed by atoms with Crippen LogP contribution in [-0.4, -0.2) is 30.2 Å². The Morgan fingerprint density at radius 3 is 3.00 bits per heavy atom. The summed E-state index contributed by atoms with van der Waals surface area (Å²) in [7, 11) is 1.63. The number of rotatable bonds is 2. The molecule has 1 N–H and O–H groups in total. The second-order valence-electron chi connectivity index (χ2n) is 3.97. The van der Waals surface area contributed by atoms with E-state index in [2.05, 4.69) is 15.3 Å². The van der Waals surface area contributed by atoms with Gasteiger partial charge >= 0.3 is 0 Å². The van der Waals surface area contributed by atoms with Crippen LogP contribution in [0.25, 0.3) is 11.1 Å². The highest BCUT2D eigenvalue weighted by Gasteiger charge is 2.12. The zero-order valence-corrected chi connectivity index (χ0v) is 10.0. The summed E-state index contributed by atoms with van der Waals surface area (Å²) in [6.07, 6.45) is 5.24. The van der Waals surface area contributed by atoms with Crippen LogP contribution >= 0.6 is 0 Å². The van der Waals surface area contributed by atoms with Gasteiger partial charge in [0, 0.05) is 30.1 Å². The minimum absolute atomic E-state index is 0.653.